The van der Waals surface area contributed by atoms with Gasteiger partial charge in [-0.3, -0.25) is 4.79 Å². The Morgan fingerprint density at radius 1 is 1.21 bits per heavy atom. The highest BCUT2D eigenvalue weighted by atomic mass is 19.4. The average Bonchev–Trinajstić information content (AvgIpc) is 2.98. The Labute approximate surface area is 168 Å². The molecule has 1 saturated heterocycles. The molecular weight excluding hydrogens is 377 g/mol. The second-order valence-corrected chi connectivity index (χ2v) is 8.10. The van der Waals surface area contributed by atoms with E-state index in [0.29, 0.717) is 11.5 Å². The van der Waals surface area contributed by atoms with Crippen molar-refractivity contribution in [1.29, 1.82) is 0 Å². The third-order valence-corrected chi connectivity index (χ3v) is 5.94. The van der Waals surface area contributed by atoms with Crippen LogP contribution in [0.4, 0.5) is 18.9 Å². The molecular formula is C23H24F3N2O+. The highest BCUT2D eigenvalue weighted by Crippen LogP contribution is 2.43. The molecule has 2 heterocycles. The molecule has 0 aliphatic carbocycles. The molecule has 0 bridgehead atoms. The van der Waals surface area contributed by atoms with Gasteiger partial charge in [-0.15, -0.1) is 0 Å². The summed E-state index contributed by atoms with van der Waals surface area (Å²) in [6.45, 7) is 4.02. The molecule has 1 fully saturated rings. The lowest BCUT2D eigenvalue weighted by Gasteiger charge is -2.34. The Balaban J connectivity index is 1.63. The molecule has 0 aromatic heterocycles. The minimum Gasteiger partial charge on any atom is -0.337 e. The zero-order chi connectivity index (χ0) is 20.8. The van der Waals surface area contributed by atoms with Crippen LogP contribution in [-0.4, -0.2) is 32.1 Å². The van der Waals surface area contributed by atoms with Crippen LogP contribution in [-0.2, 0) is 11.0 Å². The molecule has 0 saturated carbocycles. The Morgan fingerprint density at radius 3 is 2.76 bits per heavy atom. The van der Waals surface area contributed by atoms with Crippen molar-refractivity contribution in [3.63, 3.8) is 0 Å². The van der Waals surface area contributed by atoms with E-state index in [1.54, 1.807) is 6.07 Å². The van der Waals surface area contributed by atoms with Gasteiger partial charge in [0.05, 0.1) is 37.7 Å². The molecule has 29 heavy (non-hydrogen) atoms. The summed E-state index contributed by atoms with van der Waals surface area (Å²) in [5.74, 6) is 0.115. The van der Waals surface area contributed by atoms with Crippen LogP contribution >= 0.6 is 0 Å². The number of anilines is 1. The first-order valence-corrected chi connectivity index (χ1v) is 9.84. The number of carbonyl (C=O) groups is 1. The summed E-state index contributed by atoms with van der Waals surface area (Å²) < 4.78 is 38.8. The van der Waals surface area contributed by atoms with Gasteiger partial charge in [-0.25, -0.2) is 0 Å². The molecule has 2 aliphatic rings. The quantitative estimate of drug-likeness (QED) is 0.767. The summed E-state index contributed by atoms with van der Waals surface area (Å²) in [5, 5.41) is 0. The monoisotopic (exact) mass is 401 g/mol. The fourth-order valence-corrected chi connectivity index (χ4v) is 4.55. The highest BCUT2D eigenvalue weighted by Gasteiger charge is 2.45. The van der Waals surface area contributed by atoms with Crippen molar-refractivity contribution in [3.05, 3.63) is 70.8 Å². The summed E-state index contributed by atoms with van der Waals surface area (Å²) in [7, 11) is 2.17. The van der Waals surface area contributed by atoms with Crippen LogP contribution in [0.15, 0.2) is 48.5 Å². The lowest BCUT2D eigenvalue weighted by molar-refractivity contribution is -0.886. The SMILES string of the molecule is Cc1ccc2c(c1)[C@H]1C[NH+](C)CC[C@@H]1N2C(=O)/C=C/c1cccc(C(F)(F)F)c1. The maximum absolute atomic E-state index is 13.1. The summed E-state index contributed by atoms with van der Waals surface area (Å²) in [6, 6.07) is 11.3. The number of carbonyl (C=O) groups excluding carboxylic acids is 1. The first-order chi connectivity index (χ1) is 13.7. The van der Waals surface area contributed by atoms with Crippen molar-refractivity contribution in [2.24, 2.45) is 0 Å². The Hall–Kier alpha value is -2.60. The van der Waals surface area contributed by atoms with Crippen LogP contribution in [0, 0.1) is 6.92 Å². The van der Waals surface area contributed by atoms with Gasteiger partial charge in [0.2, 0.25) is 0 Å². The maximum Gasteiger partial charge on any atom is 0.416 e. The number of piperidine rings is 1. The van der Waals surface area contributed by atoms with E-state index >= 15 is 0 Å². The summed E-state index contributed by atoms with van der Waals surface area (Å²) in [5.41, 5.74) is 2.95. The molecule has 2 aromatic carbocycles. The number of nitrogens with zero attached hydrogens (tertiary/aromatic N) is 1. The summed E-state index contributed by atoms with van der Waals surface area (Å²) in [6.07, 6.45) is -0.623. The third-order valence-electron chi connectivity index (χ3n) is 5.94. The van der Waals surface area contributed by atoms with Gasteiger partial charge in [0.1, 0.15) is 0 Å². The number of halogens is 3. The van der Waals surface area contributed by atoms with Crippen LogP contribution in [0.25, 0.3) is 6.08 Å². The second-order valence-electron chi connectivity index (χ2n) is 8.10. The Kier molecular flexibility index (Phi) is 4.99. The molecule has 6 heteroatoms. The normalized spacial score (nSPS) is 23.9. The fraction of sp³-hybridized carbons (Fsp3) is 0.348. The van der Waals surface area contributed by atoms with Gasteiger partial charge in [-0.05, 0) is 42.3 Å². The Bertz CT molecular complexity index is 967. The van der Waals surface area contributed by atoms with Gasteiger partial charge in [0, 0.05) is 18.2 Å². The lowest BCUT2D eigenvalue weighted by Crippen LogP contribution is -3.11. The number of likely N-dealkylation sites (N-methyl/N-ethyl adjacent to an activating group) is 1. The van der Waals surface area contributed by atoms with E-state index in [9.17, 15) is 18.0 Å². The van der Waals surface area contributed by atoms with Crippen molar-refractivity contribution in [2.75, 3.05) is 25.0 Å². The molecule has 0 spiro atoms. The van der Waals surface area contributed by atoms with Crippen molar-refractivity contribution in [3.8, 4) is 0 Å². The predicted octanol–water partition coefficient (Wildman–Crippen LogP) is 3.44. The maximum atomic E-state index is 13.1. The van der Waals surface area contributed by atoms with E-state index in [2.05, 4.69) is 13.1 Å². The molecule has 2 aliphatic heterocycles. The number of hydrogen-bond acceptors (Lipinski definition) is 1. The molecule has 152 valence electrons. The zero-order valence-electron chi connectivity index (χ0n) is 16.5. The molecule has 0 radical (unpaired) electrons. The van der Waals surface area contributed by atoms with Gasteiger partial charge in [-0.2, -0.15) is 13.2 Å². The van der Waals surface area contributed by atoms with E-state index < -0.39 is 11.7 Å². The lowest BCUT2D eigenvalue weighted by atomic mass is 9.89. The van der Waals surface area contributed by atoms with Crippen molar-refractivity contribution < 1.29 is 22.9 Å². The zero-order valence-corrected chi connectivity index (χ0v) is 16.5. The van der Waals surface area contributed by atoms with E-state index in [0.717, 1.165) is 37.3 Å². The van der Waals surface area contributed by atoms with Crippen LogP contribution in [0.5, 0.6) is 0 Å². The van der Waals surface area contributed by atoms with Gasteiger partial charge < -0.3 is 9.80 Å². The molecule has 2 aromatic rings. The van der Waals surface area contributed by atoms with E-state index in [-0.39, 0.29) is 11.9 Å². The number of likely N-dealkylation sites (tertiary alicyclic amines) is 1. The number of quaternary nitrogens is 1. The number of alkyl halides is 3. The molecule has 3 atom stereocenters. The fourth-order valence-electron chi connectivity index (χ4n) is 4.55. The van der Waals surface area contributed by atoms with E-state index in [1.165, 1.54) is 34.2 Å². The minimum atomic E-state index is -4.40. The van der Waals surface area contributed by atoms with Crippen LogP contribution in [0.1, 0.15) is 34.6 Å². The number of rotatable bonds is 2. The van der Waals surface area contributed by atoms with Crippen LogP contribution in [0.3, 0.4) is 0 Å². The number of amides is 1. The minimum absolute atomic E-state index is 0.106. The van der Waals surface area contributed by atoms with E-state index in [1.807, 2.05) is 24.0 Å². The highest BCUT2D eigenvalue weighted by molar-refractivity contribution is 6.06. The topological polar surface area (TPSA) is 24.8 Å². The molecule has 4 rings (SSSR count). The van der Waals surface area contributed by atoms with Crippen LogP contribution in [0.2, 0.25) is 0 Å². The second kappa shape index (κ2) is 7.34. The van der Waals surface area contributed by atoms with Crippen molar-refractivity contribution in [1.82, 2.24) is 0 Å². The van der Waals surface area contributed by atoms with Gasteiger partial charge >= 0.3 is 6.18 Å². The molecule has 3 nitrogen and oxygen atoms in total. The molecule has 1 unspecified atom stereocenters. The summed E-state index contributed by atoms with van der Waals surface area (Å²) >= 11 is 0. The number of aryl methyl sites for hydroxylation is 1. The summed E-state index contributed by atoms with van der Waals surface area (Å²) in [4.78, 5) is 16.4. The van der Waals surface area contributed by atoms with E-state index in [4.69, 9.17) is 0 Å². The number of benzene rings is 2. The van der Waals surface area contributed by atoms with Gasteiger partial charge in [0.15, 0.2) is 0 Å². The molecule has 1 amide bonds. The van der Waals surface area contributed by atoms with Gasteiger partial charge in [0.25, 0.3) is 5.91 Å². The largest absolute Gasteiger partial charge is 0.416 e. The first kappa shape index (κ1) is 19.7. The number of fused-ring (bicyclic) bond motifs is 3. The Morgan fingerprint density at radius 2 is 2.00 bits per heavy atom. The third kappa shape index (κ3) is 3.81. The smallest absolute Gasteiger partial charge is 0.337 e. The van der Waals surface area contributed by atoms with Gasteiger partial charge in [-0.1, -0.05) is 29.8 Å². The van der Waals surface area contributed by atoms with Crippen molar-refractivity contribution >= 4 is 17.7 Å². The van der Waals surface area contributed by atoms with Crippen LogP contribution < -0.4 is 9.80 Å². The predicted molar refractivity (Wildman–Crippen MR) is 107 cm³/mol. The number of hydrogen-bond donors (Lipinski definition) is 1. The average molecular weight is 401 g/mol. The molecule has 1 N–H and O–H groups in total. The number of nitrogens with one attached hydrogen (secondary N) is 1. The van der Waals surface area contributed by atoms with Crippen molar-refractivity contribution in [2.45, 2.75) is 31.5 Å². The standard InChI is InChI=1S/C23H23F3N2O/c1-15-6-8-20-18(12-15)19-14-27(2)11-10-21(19)28(20)22(29)9-7-16-4-3-5-17(13-16)23(24,25)26/h3-9,12-13,19,21H,10-11,14H2,1-2H3/p+1/b9-7+/t19-,21+/m1/s1. The first-order valence-electron chi connectivity index (χ1n) is 9.84.